The summed E-state index contributed by atoms with van der Waals surface area (Å²) in [7, 11) is 2.14. The van der Waals surface area contributed by atoms with E-state index in [0.717, 1.165) is 44.6 Å². The summed E-state index contributed by atoms with van der Waals surface area (Å²) in [6.07, 6.45) is 4.18. The maximum Gasteiger partial charge on any atom is 0.218 e. The van der Waals surface area contributed by atoms with Crippen LogP contribution in [0.2, 0.25) is 5.15 Å². The Morgan fingerprint density at radius 3 is 2.78 bits per heavy atom. The summed E-state index contributed by atoms with van der Waals surface area (Å²) < 4.78 is 5.91. The summed E-state index contributed by atoms with van der Waals surface area (Å²) in [6.45, 7) is 4.25. The Kier molecular flexibility index (Phi) is 4.78. The van der Waals surface area contributed by atoms with E-state index in [0.29, 0.717) is 11.0 Å². The Balaban J connectivity index is 2.00. The smallest absolute Gasteiger partial charge is 0.218 e. The molecular formula is C13H20ClN3O. The first-order valence-electron chi connectivity index (χ1n) is 6.56. The van der Waals surface area contributed by atoms with Crippen LogP contribution in [0.25, 0.3) is 0 Å². The fraction of sp³-hybridized carbons (Fsp3) is 0.692. The van der Waals surface area contributed by atoms with Gasteiger partial charge in [-0.15, -0.1) is 0 Å². The van der Waals surface area contributed by atoms with E-state index in [4.69, 9.17) is 16.3 Å². The van der Waals surface area contributed by atoms with Crippen molar-refractivity contribution in [1.82, 2.24) is 14.9 Å². The van der Waals surface area contributed by atoms with Gasteiger partial charge in [0, 0.05) is 25.6 Å². The number of nitrogens with zero attached hydrogens (tertiary/aromatic N) is 3. The second kappa shape index (κ2) is 6.34. The van der Waals surface area contributed by atoms with Crippen LogP contribution in [0.4, 0.5) is 0 Å². The van der Waals surface area contributed by atoms with Gasteiger partial charge in [-0.1, -0.05) is 18.5 Å². The van der Waals surface area contributed by atoms with E-state index >= 15 is 0 Å². The third-order valence-electron chi connectivity index (χ3n) is 3.14. The molecule has 0 unspecified atom stereocenters. The molecule has 1 saturated heterocycles. The Morgan fingerprint density at radius 2 is 2.11 bits per heavy atom. The van der Waals surface area contributed by atoms with Crippen LogP contribution in [-0.4, -0.2) is 41.1 Å². The number of rotatable bonds is 4. The zero-order valence-corrected chi connectivity index (χ0v) is 11.8. The van der Waals surface area contributed by atoms with Gasteiger partial charge in [0.05, 0.1) is 0 Å². The zero-order valence-electron chi connectivity index (χ0n) is 11.0. The number of aromatic nitrogens is 2. The molecule has 2 heterocycles. The van der Waals surface area contributed by atoms with Crippen LogP contribution < -0.4 is 4.74 Å². The van der Waals surface area contributed by atoms with E-state index in [1.807, 2.05) is 0 Å². The largest absolute Gasteiger partial charge is 0.474 e. The number of piperidine rings is 1. The third kappa shape index (κ3) is 3.82. The fourth-order valence-corrected chi connectivity index (χ4v) is 2.30. The molecule has 0 radical (unpaired) electrons. The van der Waals surface area contributed by atoms with Gasteiger partial charge >= 0.3 is 0 Å². The van der Waals surface area contributed by atoms with Crippen LogP contribution in [0, 0.1) is 0 Å². The molecule has 100 valence electrons. The van der Waals surface area contributed by atoms with E-state index in [9.17, 15) is 0 Å². The minimum atomic E-state index is 0.252. The molecular weight excluding hydrogens is 250 g/mol. The Labute approximate surface area is 113 Å². The molecule has 0 spiro atoms. The van der Waals surface area contributed by atoms with E-state index in [-0.39, 0.29) is 6.10 Å². The average molecular weight is 270 g/mol. The highest BCUT2D eigenvalue weighted by Gasteiger charge is 2.19. The maximum atomic E-state index is 5.99. The summed E-state index contributed by atoms with van der Waals surface area (Å²) in [6, 6.07) is 1.71. The van der Waals surface area contributed by atoms with Crippen LogP contribution in [0.5, 0.6) is 5.88 Å². The molecule has 1 fully saturated rings. The maximum absolute atomic E-state index is 5.99. The lowest BCUT2D eigenvalue weighted by molar-refractivity contribution is 0.109. The molecule has 1 aliphatic rings. The predicted octanol–water partition coefficient (Wildman–Crippen LogP) is 2.56. The van der Waals surface area contributed by atoms with E-state index in [1.165, 1.54) is 0 Å². The van der Waals surface area contributed by atoms with Gasteiger partial charge in [0.25, 0.3) is 0 Å². The van der Waals surface area contributed by atoms with E-state index in [1.54, 1.807) is 6.07 Å². The normalized spacial score (nSPS) is 17.9. The molecule has 0 bridgehead atoms. The van der Waals surface area contributed by atoms with Crippen molar-refractivity contribution in [3.8, 4) is 5.88 Å². The van der Waals surface area contributed by atoms with Crippen molar-refractivity contribution < 1.29 is 4.74 Å². The molecule has 1 aromatic heterocycles. The molecule has 0 amide bonds. The van der Waals surface area contributed by atoms with Crippen molar-refractivity contribution in [3.05, 3.63) is 17.0 Å². The zero-order chi connectivity index (χ0) is 13.0. The van der Waals surface area contributed by atoms with Gasteiger partial charge in [0.15, 0.2) is 0 Å². The van der Waals surface area contributed by atoms with Crippen LogP contribution in [-0.2, 0) is 6.42 Å². The van der Waals surface area contributed by atoms with Crippen molar-refractivity contribution >= 4 is 11.6 Å². The van der Waals surface area contributed by atoms with Gasteiger partial charge in [-0.2, -0.15) is 4.98 Å². The number of hydrogen-bond donors (Lipinski definition) is 0. The number of likely N-dealkylation sites (tertiary alicyclic amines) is 1. The minimum Gasteiger partial charge on any atom is -0.474 e. The highest BCUT2D eigenvalue weighted by Crippen LogP contribution is 2.19. The summed E-state index contributed by atoms with van der Waals surface area (Å²) in [4.78, 5) is 10.9. The van der Waals surface area contributed by atoms with Gasteiger partial charge in [-0.05, 0) is 26.3 Å². The van der Waals surface area contributed by atoms with Crippen molar-refractivity contribution in [2.45, 2.75) is 38.7 Å². The van der Waals surface area contributed by atoms with Crippen molar-refractivity contribution in [3.63, 3.8) is 0 Å². The SMILES string of the molecule is CCCc1nc(Cl)cc(OC2CCN(C)CC2)n1. The lowest BCUT2D eigenvalue weighted by Gasteiger charge is -2.28. The Morgan fingerprint density at radius 1 is 1.39 bits per heavy atom. The Hall–Kier alpha value is -0.870. The van der Waals surface area contributed by atoms with Gasteiger partial charge in [-0.25, -0.2) is 4.98 Å². The monoisotopic (exact) mass is 269 g/mol. The number of ether oxygens (including phenoxy) is 1. The van der Waals surface area contributed by atoms with Crippen LogP contribution >= 0.6 is 11.6 Å². The fourth-order valence-electron chi connectivity index (χ4n) is 2.11. The van der Waals surface area contributed by atoms with E-state index < -0.39 is 0 Å². The quantitative estimate of drug-likeness (QED) is 0.788. The summed E-state index contributed by atoms with van der Waals surface area (Å²) >= 11 is 5.99. The molecule has 0 atom stereocenters. The molecule has 1 aromatic rings. The summed E-state index contributed by atoms with van der Waals surface area (Å²) in [5.41, 5.74) is 0. The summed E-state index contributed by atoms with van der Waals surface area (Å²) in [5, 5.41) is 0.469. The highest BCUT2D eigenvalue weighted by molar-refractivity contribution is 6.29. The van der Waals surface area contributed by atoms with Gasteiger partial charge in [0.2, 0.25) is 5.88 Å². The van der Waals surface area contributed by atoms with Crippen LogP contribution in [0.15, 0.2) is 6.07 Å². The number of halogens is 1. The second-order valence-electron chi connectivity index (χ2n) is 4.82. The number of aryl methyl sites for hydroxylation is 1. The van der Waals surface area contributed by atoms with Crippen molar-refractivity contribution in [1.29, 1.82) is 0 Å². The Bertz CT molecular complexity index is 392. The lowest BCUT2D eigenvalue weighted by atomic mass is 10.1. The van der Waals surface area contributed by atoms with Gasteiger partial charge in [-0.3, -0.25) is 0 Å². The number of hydrogen-bond acceptors (Lipinski definition) is 4. The van der Waals surface area contributed by atoms with Crippen LogP contribution in [0.3, 0.4) is 0 Å². The predicted molar refractivity (Wildman–Crippen MR) is 72.2 cm³/mol. The average Bonchev–Trinajstić information content (AvgIpc) is 2.32. The van der Waals surface area contributed by atoms with E-state index in [2.05, 4.69) is 28.8 Å². The molecule has 2 rings (SSSR count). The molecule has 5 heteroatoms. The molecule has 0 aliphatic carbocycles. The van der Waals surface area contributed by atoms with Crippen LogP contribution in [0.1, 0.15) is 32.0 Å². The second-order valence-corrected chi connectivity index (χ2v) is 5.20. The molecule has 4 nitrogen and oxygen atoms in total. The minimum absolute atomic E-state index is 0.252. The first kappa shape index (κ1) is 13.6. The van der Waals surface area contributed by atoms with Gasteiger partial charge in [0.1, 0.15) is 17.1 Å². The highest BCUT2D eigenvalue weighted by atomic mass is 35.5. The molecule has 0 N–H and O–H groups in total. The lowest BCUT2D eigenvalue weighted by Crippen LogP contribution is -2.35. The third-order valence-corrected chi connectivity index (χ3v) is 3.34. The standard InChI is InChI=1S/C13H20ClN3O/c1-3-4-12-15-11(14)9-13(16-12)18-10-5-7-17(2)8-6-10/h9-10H,3-8H2,1-2H3. The molecule has 18 heavy (non-hydrogen) atoms. The topological polar surface area (TPSA) is 38.2 Å². The first-order chi connectivity index (χ1) is 8.67. The molecule has 0 saturated carbocycles. The molecule has 0 aromatic carbocycles. The molecule has 1 aliphatic heterocycles. The first-order valence-corrected chi connectivity index (χ1v) is 6.94. The van der Waals surface area contributed by atoms with Crippen molar-refractivity contribution in [2.75, 3.05) is 20.1 Å². The van der Waals surface area contributed by atoms with Crippen molar-refractivity contribution in [2.24, 2.45) is 0 Å². The summed E-state index contributed by atoms with van der Waals surface area (Å²) in [5.74, 6) is 1.39. The van der Waals surface area contributed by atoms with Gasteiger partial charge < -0.3 is 9.64 Å².